The Labute approximate surface area is 200 Å². The van der Waals surface area contributed by atoms with Crippen molar-refractivity contribution in [3.05, 3.63) is 70.9 Å². The fourth-order valence-electron chi connectivity index (χ4n) is 4.76. The smallest absolute Gasteiger partial charge is 0.326 e. The Kier molecular flexibility index (Phi) is 7.34. The molecule has 3 atom stereocenters. The van der Waals surface area contributed by atoms with Gasteiger partial charge in [-0.15, -0.1) is 0 Å². The topological polar surface area (TPSA) is 120 Å². The molecule has 1 aliphatic heterocycles. The van der Waals surface area contributed by atoms with Gasteiger partial charge in [-0.2, -0.15) is 0 Å². The van der Waals surface area contributed by atoms with Gasteiger partial charge in [0.1, 0.15) is 6.04 Å². The number of carboxylic acids is 1. The second-order valence-corrected chi connectivity index (χ2v) is 9.42. The van der Waals surface area contributed by atoms with Gasteiger partial charge in [0.25, 0.3) is 0 Å². The molecule has 1 aromatic heterocycles. The SMILES string of the molecule is CC(C)c1ccc(C2NC(C(=O)NC(CCCCN)C(=O)O)Cc3c2[nH]c2ccccc32)cc1. The number of carboxylic acid groups (broad SMARTS) is 1. The van der Waals surface area contributed by atoms with Crippen LogP contribution >= 0.6 is 0 Å². The Morgan fingerprint density at radius 2 is 1.85 bits per heavy atom. The molecular weight excluding hydrogens is 428 g/mol. The lowest BCUT2D eigenvalue weighted by molar-refractivity contribution is -0.142. The van der Waals surface area contributed by atoms with Crippen LogP contribution in [-0.2, 0) is 16.0 Å². The van der Waals surface area contributed by atoms with E-state index in [4.69, 9.17) is 5.73 Å². The number of hydrogen-bond donors (Lipinski definition) is 5. The van der Waals surface area contributed by atoms with Crippen molar-refractivity contribution in [2.24, 2.45) is 5.73 Å². The Bertz CT molecular complexity index is 1150. The molecule has 0 fully saturated rings. The quantitative estimate of drug-likeness (QED) is 0.311. The monoisotopic (exact) mass is 462 g/mol. The molecule has 2 aromatic carbocycles. The molecule has 4 rings (SSSR count). The van der Waals surface area contributed by atoms with Gasteiger partial charge in [-0.3, -0.25) is 10.1 Å². The first kappa shape index (κ1) is 24.0. The molecule has 3 aromatic rings. The van der Waals surface area contributed by atoms with E-state index >= 15 is 0 Å². The number of benzene rings is 2. The molecule has 2 heterocycles. The number of rotatable bonds is 9. The number of fused-ring (bicyclic) bond motifs is 3. The predicted molar refractivity (Wildman–Crippen MR) is 134 cm³/mol. The van der Waals surface area contributed by atoms with E-state index in [-0.39, 0.29) is 11.9 Å². The number of para-hydroxylation sites is 1. The van der Waals surface area contributed by atoms with Crippen LogP contribution in [0, 0.1) is 0 Å². The van der Waals surface area contributed by atoms with Gasteiger partial charge in [-0.1, -0.05) is 56.3 Å². The molecule has 0 spiro atoms. The molecule has 7 nitrogen and oxygen atoms in total. The Morgan fingerprint density at radius 3 is 2.53 bits per heavy atom. The fraction of sp³-hybridized carbons (Fsp3) is 0.407. The third kappa shape index (κ3) is 5.00. The van der Waals surface area contributed by atoms with E-state index in [2.05, 4.69) is 59.8 Å². The van der Waals surface area contributed by atoms with Crippen molar-refractivity contribution in [3.63, 3.8) is 0 Å². The molecule has 3 unspecified atom stereocenters. The van der Waals surface area contributed by atoms with E-state index in [1.807, 2.05) is 18.2 Å². The van der Waals surface area contributed by atoms with Gasteiger partial charge < -0.3 is 21.1 Å². The van der Waals surface area contributed by atoms with Crippen molar-refractivity contribution >= 4 is 22.8 Å². The van der Waals surface area contributed by atoms with E-state index in [1.165, 1.54) is 5.56 Å². The van der Waals surface area contributed by atoms with Crippen LogP contribution in [0.15, 0.2) is 48.5 Å². The highest BCUT2D eigenvalue weighted by Gasteiger charge is 2.35. The minimum atomic E-state index is -1.02. The average molecular weight is 463 g/mol. The summed E-state index contributed by atoms with van der Waals surface area (Å²) >= 11 is 0. The lowest BCUT2D eigenvalue weighted by atomic mass is 9.89. The molecule has 0 saturated heterocycles. The summed E-state index contributed by atoms with van der Waals surface area (Å²) in [6.45, 7) is 4.83. The third-order valence-electron chi connectivity index (χ3n) is 6.73. The predicted octanol–water partition coefficient (Wildman–Crippen LogP) is 3.59. The van der Waals surface area contributed by atoms with Gasteiger partial charge >= 0.3 is 5.97 Å². The molecule has 0 saturated carbocycles. The minimum absolute atomic E-state index is 0.200. The zero-order valence-electron chi connectivity index (χ0n) is 19.8. The van der Waals surface area contributed by atoms with Crippen LogP contribution in [-0.4, -0.2) is 40.6 Å². The van der Waals surface area contributed by atoms with E-state index in [1.54, 1.807) is 0 Å². The second kappa shape index (κ2) is 10.4. The first-order chi connectivity index (χ1) is 16.4. The number of hydrogen-bond acceptors (Lipinski definition) is 4. The maximum Gasteiger partial charge on any atom is 0.326 e. The van der Waals surface area contributed by atoms with Crippen molar-refractivity contribution in [3.8, 4) is 0 Å². The first-order valence-corrected chi connectivity index (χ1v) is 12.1. The number of carbonyl (C=O) groups excluding carboxylic acids is 1. The number of amides is 1. The molecule has 0 radical (unpaired) electrons. The number of nitrogens with two attached hydrogens (primary N) is 1. The lowest BCUT2D eigenvalue weighted by Gasteiger charge is -2.32. The fourth-order valence-corrected chi connectivity index (χ4v) is 4.76. The van der Waals surface area contributed by atoms with Crippen LogP contribution in [0.1, 0.15) is 67.5 Å². The summed E-state index contributed by atoms with van der Waals surface area (Å²) < 4.78 is 0. The van der Waals surface area contributed by atoms with Crippen molar-refractivity contribution in [2.45, 2.75) is 63.6 Å². The highest BCUT2D eigenvalue weighted by molar-refractivity contribution is 5.90. The van der Waals surface area contributed by atoms with Gasteiger partial charge in [0.05, 0.1) is 12.1 Å². The molecule has 0 bridgehead atoms. The Hall–Kier alpha value is -3.16. The van der Waals surface area contributed by atoms with Crippen LogP contribution in [0.5, 0.6) is 0 Å². The number of H-pyrrole nitrogens is 1. The zero-order valence-corrected chi connectivity index (χ0v) is 19.8. The second-order valence-electron chi connectivity index (χ2n) is 9.42. The van der Waals surface area contributed by atoms with Crippen LogP contribution in [0.25, 0.3) is 10.9 Å². The van der Waals surface area contributed by atoms with Crippen molar-refractivity contribution in [1.29, 1.82) is 0 Å². The molecule has 180 valence electrons. The van der Waals surface area contributed by atoms with E-state index in [0.717, 1.165) is 34.1 Å². The van der Waals surface area contributed by atoms with Gasteiger partial charge in [-0.25, -0.2) is 4.79 Å². The van der Waals surface area contributed by atoms with E-state index < -0.39 is 18.1 Å². The lowest BCUT2D eigenvalue weighted by Crippen LogP contribution is -2.53. The van der Waals surface area contributed by atoms with Crippen LogP contribution in [0.4, 0.5) is 0 Å². The van der Waals surface area contributed by atoms with Crippen LogP contribution < -0.4 is 16.4 Å². The van der Waals surface area contributed by atoms with Gasteiger partial charge in [0, 0.05) is 16.6 Å². The van der Waals surface area contributed by atoms with Gasteiger partial charge in [-0.05, 0) is 60.9 Å². The summed E-state index contributed by atoms with van der Waals surface area (Å²) in [6.07, 6.45) is 2.24. The number of unbranched alkanes of at least 4 members (excludes halogenated alkanes) is 1. The number of aromatic nitrogens is 1. The largest absolute Gasteiger partial charge is 0.480 e. The number of aliphatic carboxylic acids is 1. The summed E-state index contributed by atoms with van der Waals surface area (Å²) in [7, 11) is 0. The summed E-state index contributed by atoms with van der Waals surface area (Å²) in [5, 5.41) is 17.0. The molecule has 0 aliphatic carbocycles. The summed E-state index contributed by atoms with van der Waals surface area (Å²) in [4.78, 5) is 28.6. The zero-order chi connectivity index (χ0) is 24.2. The van der Waals surface area contributed by atoms with E-state index in [0.29, 0.717) is 31.7 Å². The highest BCUT2D eigenvalue weighted by atomic mass is 16.4. The van der Waals surface area contributed by atoms with Crippen molar-refractivity contribution in [2.75, 3.05) is 6.54 Å². The molecular formula is C27H34N4O3. The molecule has 7 heteroatoms. The van der Waals surface area contributed by atoms with Crippen LogP contribution in [0.3, 0.4) is 0 Å². The summed E-state index contributed by atoms with van der Waals surface area (Å²) in [5.41, 5.74) is 11.0. The van der Waals surface area contributed by atoms with Crippen molar-refractivity contribution < 1.29 is 14.7 Å². The molecule has 1 amide bonds. The molecule has 34 heavy (non-hydrogen) atoms. The Balaban J connectivity index is 1.64. The number of nitrogens with one attached hydrogen (secondary N) is 3. The van der Waals surface area contributed by atoms with Crippen LogP contribution in [0.2, 0.25) is 0 Å². The molecule has 1 aliphatic rings. The third-order valence-corrected chi connectivity index (χ3v) is 6.73. The van der Waals surface area contributed by atoms with Gasteiger partial charge in [0.2, 0.25) is 5.91 Å². The average Bonchev–Trinajstić information content (AvgIpc) is 3.21. The maximum absolute atomic E-state index is 13.3. The normalized spacial score (nSPS) is 18.6. The highest BCUT2D eigenvalue weighted by Crippen LogP contribution is 2.35. The van der Waals surface area contributed by atoms with E-state index in [9.17, 15) is 14.7 Å². The van der Waals surface area contributed by atoms with Crippen molar-refractivity contribution in [1.82, 2.24) is 15.6 Å². The Morgan fingerprint density at radius 1 is 1.12 bits per heavy atom. The standard InChI is InChI=1S/C27H34N4O3/c1-16(2)17-10-12-18(13-11-17)24-25-20(19-7-3-4-8-21(19)29-25)15-23(30-24)26(32)31-22(27(33)34)9-5-6-14-28/h3-4,7-8,10-13,16,22-24,29-30H,5-6,9,14-15,28H2,1-2H3,(H,31,32)(H,33,34). The minimum Gasteiger partial charge on any atom is -0.480 e. The van der Waals surface area contributed by atoms with Gasteiger partial charge in [0.15, 0.2) is 0 Å². The summed E-state index contributed by atoms with van der Waals surface area (Å²) in [6, 6.07) is 14.9. The summed E-state index contributed by atoms with van der Waals surface area (Å²) in [5.74, 6) is -0.877. The number of carbonyl (C=O) groups is 2. The number of aromatic amines is 1. The first-order valence-electron chi connectivity index (χ1n) is 12.1. The maximum atomic E-state index is 13.3. The molecule has 6 N–H and O–H groups in total.